The van der Waals surface area contributed by atoms with Crippen molar-refractivity contribution in [2.75, 3.05) is 7.11 Å². The molecule has 1 aliphatic carbocycles. The number of ether oxygens (including phenoxy) is 1. The first-order chi connectivity index (χ1) is 5.60. The zero-order chi connectivity index (χ0) is 9.19. The van der Waals surface area contributed by atoms with Crippen LogP contribution >= 0.6 is 0 Å². The first-order valence-electron chi connectivity index (χ1n) is 4.02. The highest BCUT2D eigenvalue weighted by atomic mass is 16.5. The Labute approximate surface area is 71.6 Å². The van der Waals surface area contributed by atoms with Crippen LogP contribution in [0.2, 0.25) is 0 Å². The Bertz CT molecular complexity index is 215. The smallest absolute Gasteiger partial charge is 0.220 e. The summed E-state index contributed by atoms with van der Waals surface area (Å²) in [5, 5.41) is 7.61. The van der Waals surface area contributed by atoms with E-state index in [1.165, 1.54) is 7.11 Å². The standard InChI is InChI=1S/C8H14N2O2/c1-12-8(5-7(10)11)4-2-3-6(8)9/h9H,2-5H2,1H3,(H2,10,11). The highest BCUT2D eigenvalue weighted by Gasteiger charge is 2.40. The Morgan fingerprint density at radius 3 is 2.83 bits per heavy atom. The van der Waals surface area contributed by atoms with Crippen molar-refractivity contribution in [2.45, 2.75) is 31.3 Å². The molecule has 1 fully saturated rings. The first kappa shape index (κ1) is 9.19. The van der Waals surface area contributed by atoms with E-state index in [0.717, 1.165) is 19.3 Å². The maximum Gasteiger partial charge on any atom is 0.220 e. The number of nitrogens with one attached hydrogen (secondary N) is 1. The van der Waals surface area contributed by atoms with E-state index in [9.17, 15) is 4.79 Å². The zero-order valence-electron chi connectivity index (χ0n) is 7.22. The molecule has 1 amide bonds. The van der Waals surface area contributed by atoms with Crippen molar-refractivity contribution in [3.63, 3.8) is 0 Å². The van der Waals surface area contributed by atoms with Crippen molar-refractivity contribution in [2.24, 2.45) is 5.73 Å². The van der Waals surface area contributed by atoms with Crippen LogP contribution in [0.25, 0.3) is 0 Å². The Kier molecular flexibility index (Phi) is 2.47. The quantitative estimate of drug-likeness (QED) is 0.645. The summed E-state index contributed by atoms with van der Waals surface area (Å²) in [6, 6.07) is 0. The van der Waals surface area contributed by atoms with Gasteiger partial charge in [0.2, 0.25) is 5.91 Å². The molecule has 12 heavy (non-hydrogen) atoms. The number of carbonyl (C=O) groups excluding carboxylic acids is 1. The zero-order valence-corrected chi connectivity index (χ0v) is 7.22. The fourth-order valence-electron chi connectivity index (χ4n) is 1.70. The van der Waals surface area contributed by atoms with Gasteiger partial charge < -0.3 is 15.9 Å². The Hall–Kier alpha value is -0.900. The molecular formula is C8H14N2O2. The number of nitrogens with two attached hydrogens (primary N) is 1. The maximum atomic E-state index is 10.7. The summed E-state index contributed by atoms with van der Waals surface area (Å²) in [5.41, 5.74) is 4.91. The van der Waals surface area contributed by atoms with Crippen molar-refractivity contribution in [3.8, 4) is 0 Å². The molecule has 1 aliphatic rings. The lowest BCUT2D eigenvalue weighted by atomic mass is 9.95. The van der Waals surface area contributed by atoms with E-state index in [0.29, 0.717) is 5.71 Å². The Balaban J connectivity index is 2.74. The first-order valence-corrected chi connectivity index (χ1v) is 4.02. The molecule has 0 aromatic carbocycles. The average molecular weight is 170 g/mol. The van der Waals surface area contributed by atoms with Gasteiger partial charge in [-0.15, -0.1) is 0 Å². The van der Waals surface area contributed by atoms with E-state index in [-0.39, 0.29) is 6.42 Å². The predicted octanol–water partition coefficient (Wildman–Crippen LogP) is 0.451. The molecule has 0 saturated heterocycles. The summed E-state index contributed by atoms with van der Waals surface area (Å²) in [6.07, 6.45) is 2.52. The second-order valence-electron chi connectivity index (χ2n) is 3.17. The van der Waals surface area contributed by atoms with Gasteiger partial charge in [0.1, 0.15) is 5.60 Å². The molecule has 68 valence electrons. The highest BCUT2D eigenvalue weighted by Crippen LogP contribution is 2.32. The van der Waals surface area contributed by atoms with Gasteiger partial charge in [-0.05, 0) is 19.3 Å². The second kappa shape index (κ2) is 3.23. The van der Waals surface area contributed by atoms with Crippen LogP contribution in [0.15, 0.2) is 0 Å². The summed E-state index contributed by atoms with van der Waals surface area (Å²) >= 11 is 0. The summed E-state index contributed by atoms with van der Waals surface area (Å²) in [4.78, 5) is 10.7. The van der Waals surface area contributed by atoms with Crippen LogP contribution in [0.1, 0.15) is 25.7 Å². The fraction of sp³-hybridized carbons (Fsp3) is 0.750. The predicted molar refractivity (Wildman–Crippen MR) is 45.1 cm³/mol. The molecule has 4 nitrogen and oxygen atoms in total. The molecule has 3 N–H and O–H groups in total. The number of rotatable bonds is 3. The molecule has 0 bridgehead atoms. The van der Waals surface area contributed by atoms with E-state index < -0.39 is 11.5 Å². The molecule has 0 aromatic heterocycles. The Morgan fingerprint density at radius 1 is 1.83 bits per heavy atom. The van der Waals surface area contributed by atoms with Crippen molar-refractivity contribution in [3.05, 3.63) is 0 Å². The van der Waals surface area contributed by atoms with Crippen LogP contribution in [0, 0.1) is 5.41 Å². The molecular weight excluding hydrogens is 156 g/mol. The summed E-state index contributed by atoms with van der Waals surface area (Å²) in [5.74, 6) is -0.400. The molecule has 1 unspecified atom stereocenters. The molecule has 0 aromatic rings. The number of amides is 1. The Morgan fingerprint density at radius 2 is 2.50 bits per heavy atom. The SMILES string of the molecule is COC1(CC(N)=O)CCCC1=N. The lowest BCUT2D eigenvalue weighted by molar-refractivity contribution is -0.121. The van der Waals surface area contributed by atoms with E-state index >= 15 is 0 Å². The van der Waals surface area contributed by atoms with Crippen molar-refractivity contribution >= 4 is 11.6 Å². The minimum Gasteiger partial charge on any atom is -0.372 e. The van der Waals surface area contributed by atoms with Crippen molar-refractivity contribution in [1.29, 1.82) is 5.41 Å². The minimum absolute atomic E-state index is 0.141. The molecule has 4 heteroatoms. The van der Waals surface area contributed by atoms with E-state index in [2.05, 4.69) is 0 Å². The normalized spacial score (nSPS) is 29.2. The maximum absolute atomic E-state index is 10.7. The topological polar surface area (TPSA) is 76.2 Å². The number of primary amides is 1. The minimum atomic E-state index is -0.675. The largest absolute Gasteiger partial charge is 0.372 e. The third kappa shape index (κ3) is 1.48. The molecule has 1 rings (SSSR count). The van der Waals surface area contributed by atoms with Crippen molar-refractivity contribution in [1.82, 2.24) is 0 Å². The van der Waals surface area contributed by atoms with Crippen LogP contribution < -0.4 is 5.73 Å². The number of hydrogen-bond acceptors (Lipinski definition) is 3. The monoisotopic (exact) mass is 170 g/mol. The number of hydrogen-bond donors (Lipinski definition) is 2. The van der Waals surface area contributed by atoms with Crippen molar-refractivity contribution < 1.29 is 9.53 Å². The molecule has 1 atom stereocenters. The highest BCUT2D eigenvalue weighted by molar-refractivity contribution is 5.95. The lowest BCUT2D eigenvalue weighted by Gasteiger charge is -2.25. The van der Waals surface area contributed by atoms with Crippen LogP contribution in [-0.4, -0.2) is 24.3 Å². The van der Waals surface area contributed by atoms with Gasteiger partial charge in [0.05, 0.1) is 6.42 Å². The number of methoxy groups -OCH3 is 1. The van der Waals surface area contributed by atoms with Gasteiger partial charge >= 0.3 is 0 Å². The van der Waals surface area contributed by atoms with Gasteiger partial charge in [-0.25, -0.2) is 0 Å². The van der Waals surface area contributed by atoms with E-state index in [1.807, 2.05) is 0 Å². The summed E-state index contributed by atoms with van der Waals surface area (Å²) in [7, 11) is 1.53. The number of carbonyl (C=O) groups is 1. The van der Waals surface area contributed by atoms with E-state index in [1.54, 1.807) is 0 Å². The van der Waals surface area contributed by atoms with Gasteiger partial charge in [0, 0.05) is 12.8 Å². The fourth-order valence-corrected chi connectivity index (χ4v) is 1.70. The molecule has 0 aliphatic heterocycles. The lowest BCUT2D eigenvalue weighted by Crippen LogP contribution is -2.39. The summed E-state index contributed by atoms with van der Waals surface area (Å²) < 4.78 is 5.20. The van der Waals surface area contributed by atoms with Gasteiger partial charge in [-0.1, -0.05) is 0 Å². The molecule has 1 saturated carbocycles. The van der Waals surface area contributed by atoms with Crippen LogP contribution in [0.3, 0.4) is 0 Å². The third-order valence-corrected chi connectivity index (χ3v) is 2.41. The molecule has 0 radical (unpaired) electrons. The van der Waals surface area contributed by atoms with Crippen LogP contribution in [0.4, 0.5) is 0 Å². The van der Waals surface area contributed by atoms with Gasteiger partial charge in [0.15, 0.2) is 0 Å². The van der Waals surface area contributed by atoms with Crippen LogP contribution in [0.5, 0.6) is 0 Å². The van der Waals surface area contributed by atoms with E-state index in [4.69, 9.17) is 15.9 Å². The average Bonchev–Trinajstić information content (AvgIpc) is 2.32. The van der Waals surface area contributed by atoms with Gasteiger partial charge in [0.25, 0.3) is 0 Å². The second-order valence-corrected chi connectivity index (χ2v) is 3.17. The third-order valence-electron chi connectivity index (χ3n) is 2.41. The summed E-state index contributed by atoms with van der Waals surface area (Å²) in [6.45, 7) is 0. The van der Waals surface area contributed by atoms with Gasteiger partial charge in [-0.3, -0.25) is 4.79 Å². The molecule has 0 spiro atoms. The van der Waals surface area contributed by atoms with Crippen LogP contribution in [-0.2, 0) is 9.53 Å². The molecule has 0 heterocycles. The van der Waals surface area contributed by atoms with Gasteiger partial charge in [-0.2, -0.15) is 0 Å².